The van der Waals surface area contributed by atoms with Crippen LogP contribution in [0.4, 0.5) is 0 Å². The van der Waals surface area contributed by atoms with Crippen molar-refractivity contribution in [2.75, 3.05) is 31.7 Å². The quantitative estimate of drug-likeness (QED) is 0.720. The molecule has 0 bridgehead atoms. The van der Waals surface area contributed by atoms with Crippen molar-refractivity contribution in [1.29, 1.82) is 0 Å². The minimum absolute atomic E-state index is 0.162. The summed E-state index contributed by atoms with van der Waals surface area (Å²) in [6, 6.07) is 0.562. The van der Waals surface area contributed by atoms with Crippen molar-refractivity contribution in [3.63, 3.8) is 0 Å². The number of nitrogens with zero attached hydrogens (tertiary/aromatic N) is 1. The second-order valence-corrected chi connectivity index (χ2v) is 6.94. The van der Waals surface area contributed by atoms with E-state index in [0.29, 0.717) is 19.0 Å². The van der Waals surface area contributed by atoms with Gasteiger partial charge in [0, 0.05) is 18.8 Å². The Bertz CT molecular complexity index is 284. The van der Waals surface area contributed by atoms with Gasteiger partial charge >= 0.3 is 0 Å². The van der Waals surface area contributed by atoms with Crippen LogP contribution in [0.2, 0.25) is 0 Å². The summed E-state index contributed by atoms with van der Waals surface area (Å²) < 4.78 is 22.0. The molecule has 0 saturated heterocycles. The standard InChI is InChI=1S/C11H23NO3S/c1-16(14,15)10-4-7-12(8-9-13)11-5-2-3-6-11/h11,13H,2-10H2,1H3. The summed E-state index contributed by atoms with van der Waals surface area (Å²) in [5.74, 6) is 0.252. The van der Waals surface area contributed by atoms with Gasteiger partial charge in [0.2, 0.25) is 0 Å². The first kappa shape index (κ1) is 13.9. The van der Waals surface area contributed by atoms with E-state index in [1.807, 2.05) is 0 Å². The van der Waals surface area contributed by atoms with Crippen molar-refractivity contribution in [1.82, 2.24) is 4.90 Å². The van der Waals surface area contributed by atoms with Gasteiger partial charge in [-0.2, -0.15) is 0 Å². The largest absolute Gasteiger partial charge is 0.395 e. The molecule has 0 spiro atoms. The molecule has 1 aliphatic carbocycles. The third-order valence-electron chi connectivity index (χ3n) is 3.19. The molecule has 0 aromatic heterocycles. The minimum Gasteiger partial charge on any atom is -0.395 e. The smallest absolute Gasteiger partial charge is 0.147 e. The van der Waals surface area contributed by atoms with Crippen molar-refractivity contribution in [3.05, 3.63) is 0 Å². The van der Waals surface area contributed by atoms with Gasteiger partial charge in [0.25, 0.3) is 0 Å². The van der Waals surface area contributed by atoms with Gasteiger partial charge in [0.15, 0.2) is 0 Å². The van der Waals surface area contributed by atoms with Crippen molar-refractivity contribution in [3.8, 4) is 0 Å². The number of hydrogen-bond donors (Lipinski definition) is 1. The first-order valence-corrected chi connectivity index (χ1v) is 8.11. The highest BCUT2D eigenvalue weighted by Gasteiger charge is 2.21. The van der Waals surface area contributed by atoms with E-state index in [1.165, 1.54) is 31.9 Å². The molecule has 1 rings (SSSR count). The summed E-state index contributed by atoms with van der Waals surface area (Å²) in [4.78, 5) is 2.25. The molecule has 1 N–H and O–H groups in total. The third-order valence-corrected chi connectivity index (χ3v) is 4.22. The lowest BCUT2D eigenvalue weighted by Crippen LogP contribution is -2.37. The van der Waals surface area contributed by atoms with Crippen molar-refractivity contribution >= 4 is 9.84 Å². The molecule has 0 aromatic rings. The van der Waals surface area contributed by atoms with Gasteiger partial charge in [-0.1, -0.05) is 12.8 Å². The molecule has 5 heteroatoms. The summed E-state index contributed by atoms with van der Waals surface area (Å²) in [6.07, 6.45) is 6.86. The molecule has 1 saturated carbocycles. The molecule has 16 heavy (non-hydrogen) atoms. The van der Waals surface area contributed by atoms with Crippen LogP contribution in [0.3, 0.4) is 0 Å². The molecule has 1 aliphatic rings. The van der Waals surface area contributed by atoms with Gasteiger partial charge in [-0.3, -0.25) is 4.90 Å². The number of aliphatic hydroxyl groups excluding tert-OH is 1. The maximum atomic E-state index is 11.0. The highest BCUT2D eigenvalue weighted by molar-refractivity contribution is 7.90. The maximum absolute atomic E-state index is 11.0. The molecule has 0 aliphatic heterocycles. The van der Waals surface area contributed by atoms with Gasteiger partial charge in [-0.15, -0.1) is 0 Å². The van der Waals surface area contributed by atoms with Gasteiger partial charge in [-0.05, 0) is 25.8 Å². The lowest BCUT2D eigenvalue weighted by Gasteiger charge is -2.27. The Kier molecular flexibility index (Phi) is 5.72. The third kappa shape index (κ3) is 5.27. The summed E-state index contributed by atoms with van der Waals surface area (Å²) >= 11 is 0. The summed E-state index contributed by atoms with van der Waals surface area (Å²) in [6.45, 7) is 1.63. The van der Waals surface area contributed by atoms with Crippen molar-refractivity contribution < 1.29 is 13.5 Å². The fourth-order valence-corrected chi connectivity index (χ4v) is 3.06. The predicted molar refractivity (Wildman–Crippen MR) is 65.2 cm³/mol. The number of rotatable bonds is 7. The first-order chi connectivity index (χ1) is 7.53. The molecular weight excluding hydrogens is 226 g/mol. The Morgan fingerprint density at radius 3 is 2.38 bits per heavy atom. The summed E-state index contributed by atoms with van der Waals surface area (Å²) in [7, 11) is -2.85. The normalized spacial score (nSPS) is 18.4. The minimum atomic E-state index is -2.85. The zero-order valence-electron chi connectivity index (χ0n) is 10.1. The van der Waals surface area contributed by atoms with Gasteiger partial charge in [0.1, 0.15) is 9.84 Å². The molecule has 0 atom stereocenters. The number of hydrogen-bond acceptors (Lipinski definition) is 4. The SMILES string of the molecule is CS(=O)(=O)CCCN(CCO)C1CCCC1. The van der Waals surface area contributed by atoms with Crippen molar-refractivity contribution in [2.45, 2.75) is 38.1 Å². The van der Waals surface area contributed by atoms with E-state index in [9.17, 15) is 8.42 Å². The van der Waals surface area contributed by atoms with Crippen LogP contribution in [0.25, 0.3) is 0 Å². The van der Waals surface area contributed by atoms with Crippen LogP contribution >= 0.6 is 0 Å². The number of aliphatic hydroxyl groups is 1. The molecule has 1 fully saturated rings. The molecule has 0 heterocycles. The van der Waals surface area contributed by atoms with Crippen LogP contribution in [0.5, 0.6) is 0 Å². The van der Waals surface area contributed by atoms with Crippen LogP contribution in [-0.4, -0.2) is 56.2 Å². The second-order valence-electron chi connectivity index (χ2n) is 4.68. The number of sulfone groups is 1. The molecule has 96 valence electrons. The Labute approximate surface area is 98.6 Å². The monoisotopic (exact) mass is 249 g/mol. The average molecular weight is 249 g/mol. The zero-order chi connectivity index (χ0) is 12.0. The van der Waals surface area contributed by atoms with Gasteiger partial charge < -0.3 is 5.11 Å². The Morgan fingerprint density at radius 2 is 1.88 bits per heavy atom. The molecule has 0 unspecified atom stereocenters. The lowest BCUT2D eigenvalue weighted by molar-refractivity contribution is 0.152. The Hall–Kier alpha value is -0.130. The zero-order valence-corrected chi connectivity index (χ0v) is 10.9. The van der Waals surface area contributed by atoms with E-state index < -0.39 is 9.84 Å². The van der Waals surface area contributed by atoms with Crippen LogP contribution in [0.1, 0.15) is 32.1 Å². The molecule has 0 amide bonds. The van der Waals surface area contributed by atoms with Crippen LogP contribution in [0, 0.1) is 0 Å². The van der Waals surface area contributed by atoms with E-state index in [2.05, 4.69) is 4.90 Å². The van der Waals surface area contributed by atoms with Crippen LogP contribution in [0.15, 0.2) is 0 Å². The van der Waals surface area contributed by atoms with E-state index in [4.69, 9.17) is 5.11 Å². The van der Waals surface area contributed by atoms with E-state index in [-0.39, 0.29) is 12.4 Å². The maximum Gasteiger partial charge on any atom is 0.147 e. The van der Waals surface area contributed by atoms with E-state index in [1.54, 1.807) is 0 Å². The molecular formula is C11H23NO3S. The van der Waals surface area contributed by atoms with E-state index in [0.717, 1.165) is 6.54 Å². The van der Waals surface area contributed by atoms with Crippen LogP contribution in [-0.2, 0) is 9.84 Å². The predicted octanol–water partition coefficient (Wildman–Crippen LogP) is 0.658. The first-order valence-electron chi connectivity index (χ1n) is 6.05. The molecule has 4 nitrogen and oxygen atoms in total. The summed E-state index contributed by atoms with van der Waals surface area (Å²) in [5.41, 5.74) is 0. The highest BCUT2D eigenvalue weighted by atomic mass is 32.2. The summed E-state index contributed by atoms with van der Waals surface area (Å²) in [5, 5.41) is 9.00. The average Bonchev–Trinajstić information content (AvgIpc) is 2.67. The topological polar surface area (TPSA) is 57.6 Å². The molecule has 0 radical (unpaired) electrons. The van der Waals surface area contributed by atoms with Gasteiger partial charge in [0.05, 0.1) is 12.4 Å². The fraction of sp³-hybridized carbons (Fsp3) is 1.00. The van der Waals surface area contributed by atoms with E-state index >= 15 is 0 Å². The lowest BCUT2D eigenvalue weighted by atomic mass is 10.2. The Morgan fingerprint density at radius 1 is 1.25 bits per heavy atom. The molecule has 0 aromatic carbocycles. The van der Waals surface area contributed by atoms with Crippen LogP contribution < -0.4 is 0 Å². The second kappa shape index (κ2) is 6.57. The van der Waals surface area contributed by atoms with Crippen molar-refractivity contribution in [2.24, 2.45) is 0 Å². The highest BCUT2D eigenvalue weighted by Crippen LogP contribution is 2.23. The Balaban J connectivity index is 2.32. The fourth-order valence-electron chi connectivity index (χ4n) is 2.40. The van der Waals surface area contributed by atoms with Gasteiger partial charge in [-0.25, -0.2) is 8.42 Å².